The molecular weight excluding hydrogens is 428 g/mol. The number of benzene rings is 2. The number of aromatic nitrogens is 2. The smallest absolute Gasteiger partial charge is 0.243 e. The number of halogens is 1. The zero-order valence-electron chi connectivity index (χ0n) is 16.0. The average Bonchev–Trinajstić information content (AvgIpc) is 3.19. The molecule has 2 aromatic carbocycles. The molecule has 0 bridgehead atoms. The average molecular weight is 449 g/mol. The molecule has 1 aliphatic heterocycles. The molecule has 152 valence electrons. The van der Waals surface area contributed by atoms with Crippen LogP contribution < -0.4 is 4.90 Å². The largest absolute Gasteiger partial charge is 0.344 e. The second kappa shape index (κ2) is 8.39. The molecule has 3 aromatic rings. The van der Waals surface area contributed by atoms with E-state index in [0.717, 1.165) is 11.0 Å². The van der Waals surface area contributed by atoms with Crippen molar-refractivity contribution in [3.63, 3.8) is 0 Å². The molecule has 9 heteroatoms. The predicted octanol–water partition coefficient (Wildman–Crippen LogP) is 3.60. The Balaban J connectivity index is 1.39. The van der Waals surface area contributed by atoms with Crippen molar-refractivity contribution in [2.75, 3.05) is 31.1 Å². The number of nitrogens with zero attached hydrogens (tertiary/aromatic N) is 4. The number of hydrogen-bond acceptors (Lipinski definition) is 6. The van der Waals surface area contributed by atoms with Crippen LogP contribution in [0.15, 0.2) is 53.4 Å². The highest BCUT2D eigenvalue weighted by molar-refractivity contribution is 7.89. The van der Waals surface area contributed by atoms with E-state index in [-0.39, 0.29) is 4.90 Å². The maximum absolute atomic E-state index is 12.8. The number of rotatable bonds is 5. The van der Waals surface area contributed by atoms with Crippen LogP contribution in [0.3, 0.4) is 0 Å². The van der Waals surface area contributed by atoms with Crippen LogP contribution in [-0.2, 0) is 16.4 Å². The minimum absolute atomic E-state index is 0.270. The highest BCUT2D eigenvalue weighted by atomic mass is 35.5. The van der Waals surface area contributed by atoms with E-state index in [0.29, 0.717) is 37.6 Å². The summed E-state index contributed by atoms with van der Waals surface area (Å²) in [5.74, 6) is 0.796. The van der Waals surface area contributed by atoms with Gasteiger partial charge in [-0.3, -0.25) is 0 Å². The normalized spacial score (nSPS) is 15.6. The van der Waals surface area contributed by atoms with E-state index in [1.54, 1.807) is 24.3 Å². The second-order valence-corrected chi connectivity index (χ2v) is 10.1. The topological polar surface area (TPSA) is 66.4 Å². The van der Waals surface area contributed by atoms with Crippen LogP contribution in [0.5, 0.6) is 0 Å². The third-order valence-electron chi connectivity index (χ3n) is 4.90. The lowest BCUT2D eigenvalue weighted by atomic mass is 10.1. The molecule has 0 unspecified atom stereocenters. The maximum atomic E-state index is 12.8. The zero-order chi connectivity index (χ0) is 20.4. The van der Waals surface area contributed by atoms with E-state index < -0.39 is 10.0 Å². The molecule has 1 saturated heterocycles. The summed E-state index contributed by atoms with van der Waals surface area (Å²) in [5.41, 5.74) is 2.41. The molecule has 0 atom stereocenters. The predicted molar refractivity (Wildman–Crippen MR) is 116 cm³/mol. The monoisotopic (exact) mass is 448 g/mol. The summed E-state index contributed by atoms with van der Waals surface area (Å²) in [6.07, 6.45) is 0.696. The van der Waals surface area contributed by atoms with Crippen molar-refractivity contribution in [1.82, 2.24) is 13.7 Å². The van der Waals surface area contributed by atoms with Crippen LogP contribution in [0.25, 0.3) is 0 Å². The van der Waals surface area contributed by atoms with E-state index >= 15 is 0 Å². The summed E-state index contributed by atoms with van der Waals surface area (Å²) in [4.78, 5) is 7.03. The van der Waals surface area contributed by atoms with Crippen molar-refractivity contribution in [3.8, 4) is 0 Å². The van der Waals surface area contributed by atoms with Crippen molar-refractivity contribution < 1.29 is 8.42 Å². The third kappa shape index (κ3) is 4.61. The Morgan fingerprint density at radius 1 is 1.00 bits per heavy atom. The van der Waals surface area contributed by atoms with Crippen molar-refractivity contribution in [3.05, 3.63) is 70.5 Å². The van der Waals surface area contributed by atoms with Gasteiger partial charge in [-0.2, -0.15) is 8.68 Å². The van der Waals surface area contributed by atoms with Crippen molar-refractivity contribution in [2.45, 2.75) is 18.2 Å². The first-order chi connectivity index (χ1) is 13.9. The van der Waals surface area contributed by atoms with Crippen LogP contribution in [0.1, 0.15) is 17.0 Å². The summed E-state index contributed by atoms with van der Waals surface area (Å²) < 4.78 is 31.6. The van der Waals surface area contributed by atoms with Crippen LogP contribution in [-0.4, -0.2) is 48.3 Å². The molecule has 1 aromatic heterocycles. The van der Waals surface area contributed by atoms with Gasteiger partial charge in [0.05, 0.1) is 4.90 Å². The van der Waals surface area contributed by atoms with Gasteiger partial charge in [-0.1, -0.05) is 41.4 Å². The number of anilines is 1. The first-order valence-electron chi connectivity index (χ1n) is 9.30. The molecule has 4 rings (SSSR count). The lowest BCUT2D eigenvalue weighted by molar-refractivity contribution is 0.384. The lowest BCUT2D eigenvalue weighted by Crippen LogP contribution is -2.48. The Morgan fingerprint density at radius 3 is 2.31 bits per heavy atom. The van der Waals surface area contributed by atoms with Gasteiger partial charge < -0.3 is 4.90 Å². The van der Waals surface area contributed by atoms with Crippen LogP contribution >= 0.6 is 23.1 Å². The van der Waals surface area contributed by atoms with Crippen molar-refractivity contribution in [1.29, 1.82) is 0 Å². The molecule has 1 fully saturated rings. The zero-order valence-corrected chi connectivity index (χ0v) is 18.3. The Labute approximate surface area is 180 Å². The standard InChI is InChI=1S/C20H21ClN4O2S2/c1-15-2-4-16(5-3-15)14-19-22-20(28-23-19)24-10-12-25(13-11-24)29(26,27)18-8-6-17(21)7-9-18/h2-9H,10-14H2,1H3. The molecule has 6 nitrogen and oxygen atoms in total. The van der Waals surface area contributed by atoms with Gasteiger partial charge in [0, 0.05) is 49.2 Å². The molecule has 2 heterocycles. The molecule has 29 heavy (non-hydrogen) atoms. The minimum atomic E-state index is -3.51. The first kappa shape index (κ1) is 20.3. The summed E-state index contributed by atoms with van der Waals surface area (Å²) in [5, 5.41) is 1.36. The third-order valence-corrected chi connectivity index (χ3v) is 7.88. The number of sulfonamides is 1. The van der Waals surface area contributed by atoms with Gasteiger partial charge in [0.1, 0.15) is 5.82 Å². The van der Waals surface area contributed by atoms with Crippen molar-refractivity contribution >= 4 is 38.3 Å². The summed E-state index contributed by atoms with van der Waals surface area (Å²) in [6.45, 7) is 4.07. The van der Waals surface area contributed by atoms with E-state index in [1.807, 2.05) is 0 Å². The Morgan fingerprint density at radius 2 is 1.66 bits per heavy atom. The minimum Gasteiger partial charge on any atom is -0.344 e. The molecule has 0 radical (unpaired) electrons. The number of aryl methyl sites for hydroxylation is 1. The first-order valence-corrected chi connectivity index (χ1v) is 11.9. The summed E-state index contributed by atoms with van der Waals surface area (Å²) in [6, 6.07) is 14.7. The molecule has 0 amide bonds. The van der Waals surface area contributed by atoms with Gasteiger partial charge in [0.15, 0.2) is 0 Å². The SMILES string of the molecule is Cc1ccc(Cc2nsc(N3CCN(S(=O)(=O)c4ccc(Cl)cc4)CC3)n2)cc1. The van der Waals surface area contributed by atoms with Gasteiger partial charge in [0.25, 0.3) is 0 Å². The van der Waals surface area contributed by atoms with Crippen molar-refractivity contribution in [2.24, 2.45) is 0 Å². The number of hydrogen-bond donors (Lipinski definition) is 0. The number of piperazine rings is 1. The lowest BCUT2D eigenvalue weighted by Gasteiger charge is -2.33. The Hall–Kier alpha value is -2.00. The summed E-state index contributed by atoms with van der Waals surface area (Å²) in [7, 11) is -3.51. The van der Waals surface area contributed by atoms with Crippen LogP contribution in [0, 0.1) is 6.92 Å². The summed E-state index contributed by atoms with van der Waals surface area (Å²) >= 11 is 7.23. The van der Waals surface area contributed by atoms with Gasteiger partial charge in [-0.15, -0.1) is 0 Å². The maximum Gasteiger partial charge on any atom is 0.243 e. The van der Waals surface area contributed by atoms with E-state index in [9.17, 15) is 8.42 Å². The second-order valence-electron chi connectivity index (χ2n) is 7.00. The Kier molecular flexibility index (Phi) is 5.87. The highest BCUT2D eigenvalue weighted by Crippen LogP contribution is 2.24. The van der Waals surface area contributed by atoms with Crippen LogP contribution in [0.4, 0.5) is 5.13 Å². The molecule has 0 aliphatic carbocycles. The quantitative estimate of drug-likeness (QED) is 0.596. The molecular formula is C20H21ClN4O2S2. The molecule has 1 aliphatic rings. The van der Waals surface area contributed by atoms with E-state index in [4.69, 9.17) is 11.6 Å². The van der Waals surface area contributed by atoms with Gasteiger partial charge in [-0.25, -0.2) is 13.4 Å². The Bertz CT molecular complexity index is 1070. The van der Waals surface area contributed by atoms with Gasteiger partial charge >= 0.3 is 0 Å². The highest BCUT2D eigenvalue weighted by Gasteiger charge is 2.29. The van der Waals surface area contributed by atoms with E-state index in [1.165, 1.54) is 27.0 Å². The molecule has 0 saturated carbocycles. The van der Waals surface area contributed by atoms with Gasteiger partial charge in [0.2, 0.25) is 15.2 Å². The molecule has 0 spiro atoms. The molecule has 0 N–H and O–H groups in total. The van der Waals surface area contributed by atoms with E-state index in [2.05, 4.69) is 45.4 Å². The fourth-order valence-electron chi connectivity index (χ4n) is 3.21. The van der Waals surface area contributed by atoms with Gasteiger partial charge in [-0.05, 0) is 36.8 Å². The van der Waals surface area contributed by atoms with Crippen LogP contribution in [0.2, 0.25) is 5.02 Å². The fraction of sp³-hybridized carbons (Fsp3) is 0.300. The fourth-order valence-corrected chi connectivity index (χ4v) is 5.49.